The first-order chi connectivity index (χ1) is 12.0. The van der Waals surface area contributed by atoms with Crippen LogP contribution in [-0.2, 0) is 6.54 Å². The molecule has 1 aromatic heterocycles. The second-order valence-corrected chi connectivity index (χ2v) is 7.38. The number of benzene rings is 1. The Bertz CT molecular complexity index is 723. The molecule has 2 heterocycles. The number of halogens is 1. The normalized spacial score (nSPS) is 18.1. The standard InChI is InChI=1S/C19H28ClN3O2/c1-14-15(2)23(19-17(14)4-3-5-18(19)20)13-16(25)12-22-8-6-21(7-9-22)10-11-24/h3-5,16,24-25H,6-13H2,1-2H3/t16-/m1/s1. The van der Waals surface area contributed by atoms with E-state index in [1.807, 2.05) is 12.1 Å². The second-order valence-electron chi connectivity index (χ2n) is 6.98. The van der Waals surface area contributed by atoms with E-state index in [1.165, 1.54) is 5.56 Å². The molecule has 25 heavy (non-hydrogen) atoms. The van der Waals surface area contributed by atoms with Crippen LogP contribution in [0.2, 0.25) is 5.02 Å². The van der Waals surface area contributed by atoms with Crippen LogP contribution >= 0.6 is 11.6 Å². The van der Waals surface area contributed by atoms with Crippen LogP contribution in [-0.4, -0.2) is 76.6 Å². The number of rotatable bonds is 6. The van der Waals surface area contributed by atoms with E-state index in [9.17, 15) is 5.11 Å². The summed E-state index contributed by atoms with van der Waals surface area (Å²) < 4.78 is 2.15. The smallest absolute Gasteiger partial charge is 0.0845 e. The van der Waals surface area contributed by atoms with Gasteiger partial charge in [0, 0.05) is 50.3 Å². The van der Waals surface area contributed by atoms with Crippen molar-refractivity contribution in [2.24, 2.45) is 0 Å². The maximum Gasteiger partial charge on any atom is 0.0845 e. The molecular formula is C19H28ClN3O2. The summed E-state index contributed by atoms with van der Waals surface area (Å²) in [5, 5.41) is 21.6. The maximum atomic E-state index is 10.6. The van der Waals surface area contributed by atoms with Crippen LogP contribution in [0.4, 0.5) is 0 Å². The summed E-state index contributed by atoms with van der Waals surface area (Å²) in [6.07, 6.45) is -0.436. The summed E-state index contributed by atoms with van der Waals surface area (Å²) in [5.41, 5.74) is 3.41. The number of aryl methyl sites for hydroxylation is 1. The molecule has 1 saturated heterocycles. The fourth-order valence-electron chi connectivity index (χ4n) is 3.79. The molecule has 1 aliphatic heterocycles. The Morgan fingerprint density at radius 3 is 2.44 bits per heavy atom. The average Bonchev–Trinajstić information content (AvgIpc) is 2.83. The van der Waals surface area contributed by atoms with Gasteiger partial charge in [-0.1, -0.05) is 23.7 Å². The number of fused-ring (bicyclic) bond motifs is 1. The first-order valence-electron chi connectivity index (χ1n) is 8.98. The maximum absolute atomic E-state index is 10.6. The van der Waals surface area contributed by atoms with Crippen LogP contribution in [0.15, 0.2) is 18.2 Å². The van der Waals surface area contributed by atoms with Crippen LogP contribution in [0.25, 0.3) is 10.9 Å². The Balaban J connectivity index is 1.67. The van der Waals surface area contributed by atoms with Gasteiger partial charge in [0.15, 0.2) is 0 Å². The topological polar surface area (TPSA) is 51.9 Å². The zero-order valence-corrected chi connectivity index (χ0v) is 15.8. The molecule has 3 rings (SSSR count). The number of nitrogens with zero attached hydrogens (tertiary/aromatic N) is 3. The van der Waals surface area contributed by atoms with Gasteiger partial charge in [0.2, 0.25) is 0 Å². The van der Waals surface area contributed by atoms with Crippen molar-refractivity contribution >= 4 is 22.5 Å². The SMILES string of the molecule is Cc1c(C)n(C[C@H](O)CN2CCN(CCO)CC2)c2c(Cl)cccc12. The molecule has 5 nitrogen and oxygen atoms in total. The van der Waals surface area contributed by atoms with Crippen molar-refractivity contribution in [1.82, 2.24) is 14.4 Å². The van der Waals surface area contributed by atoms with Crippen LogP contribution in [0, 0.1) is 13.8 Å². The highest BCUT2D eigenvalue weighted by Gasteiger charge is 2.21. The van der Waals surface area contributed by atoms with Gasteiger partial charge in [-0.25, -0.2) is 0 Å². The van der Waals surface area contributed by atoms with Crippen molar-refractivity contribution in [3.05, 3.63) is 34.5 Å². The molecule has 2 aromatic rings. The highest BCUT2D eigenvalue weighted by molar-refractivity contribution is 6.35. The third-order valence-corrected chi connectivity index (χ3v) is 5.66. The summed E-state index contributed by atoms with van der Waals surface area (Å²) >= 11 is 6.43. The van der Waals surface area contributed by atoms with E-state index in [0.717, 1.165) is 54.3 Å². The Morgan fingerprint density at radius 2 is 1.76 bits per heavy atom. The number of aromatic nitrogens is 1. The summed E-state index contributed by atoms with van der Waals surface area (Å²) in [6, 6.07) is 5.97. The number of piperazine rings is 1. The third kappa shape index (κ3) is 4.01. The van der Waals surface area contributed by atoms with E-state index >= 15 is 0 Å². The van der Waals surface area contributed by atoms with Crippen molar-refractivity contribution in [2.45, 2.75) is 26.5 Å². The van der Waals surface area contributed by atoms with Crippen molar-refractivity contribution in [1.29, 1.82) is 0 Å². The fourth-order valence-corrected chi connectivity index (χ4v) is 4.07. The van der Waals surface area contributed by atoms with Crippen LogP contribution in [0.5, 0.6) is 0 Å². The molecule has 0 bridgehead atoms. The predicted octanol–water partition coefficient (Wildman–Crippen LogP) is 1.88. The quantitative estimate of drug-likeness (QED) is 0.820. The first kappa shape index (κ1) is 18.7. The lowest BCUT2D eigenvalue weighted by Gasteiger charge is -2.35. The molecule has 1 aromatic carbocycles. The lowest BCUT2D eigenvalue weighted by Crippen LogP contribution is -2.49. The molecule has 0 unspecified atom stereocenters. The molecule has 1 aliphatic rings. The summed E-state index contributed by atoms with van der Waals surface area (Å²) in [4.78, 5) is 4.56. The molecule has 2 N–H and O–H groups in total. The van der Waals surface area contributed by atoms with E-state index < -0.39 is 6.10 Å². The highest BCUT2D eigenvalue weighted by Crippen LogP contribution is 2.30. The summed E-state index contributed by atoms with van der Waals surface area (Å²) in [7, 11) is 0. The first-order valence-corrected chi connectivity index (χ1v) is 9.36. The number of aliphatic hydroxyl groups excluding tert-OH is 2. The number of hydrogen-bond acceptors (Lipinski definition) is 4. The molecule has 138 valence electrons. The van der Waals surface area contributed by atoms with E-state index in [4.69, 9.17) is 16.7 Å². The monoisotopic (exact) mass is 365 g/mol. The van der Waals surface area contributed by atoms with Gasteiger partial charge in [-0.3, -0.25) is 9.80 Å². The Morgan fingerprint density at radius 1 is 1.08 bits per heavy atom. The minimum Gasteiger partial charge on any atom is -0.395 e. The van der Waals surface area contributed by atoms with Crippen LogP contribution in [0.1, 0.15) is 11.3 Å². The Hall–Kier alpha value is -1.11. The molecule has 0 saturated carbocycles. The van der Waals surface area contributed by atoms with Crippen molar-refractivity contribution < 1.29 is 10.2 Å². The predicted molar refractivity (Wildman–Crippen MR) is 102 cm³/mol. The molecule has 6 heteroatoms. The molecule has 1 fully saturated rings. The zero-order chi connectivity index (χ0) is 18.0. The minimum atomic E-state index is -0.436. The lowest BCUT2D eigenvalue weighted by atomic mass is 10.2. The van der Waals surface area contributed by atoms with Gasteiger partial charge in [0.1, 0.15) is 0 Å². The second kappa shape index (κ2) is 8.06. The Kier molecular flexibility index (Phi) is 6.02. The molecule has 0 aliphatic carbocycles. The van der Waals surface area contributed by atoms with E-state index in [0.29, 0.717) is 13.1 Å². The van der Waals surface area contributed by atoms with Gasteiger partial charge < -0.3 is 14.8 Å². The molecular weight excluding hydrogens is 338 g/mol. The minimum absolute atomic E-state index is 0.211. The Labute approximate surface area is 154 Å². The zero-order valence-electron chi connectivity index (χ0n) is 15.1. The number of hydrogen-bond donors (Lipinski definition) is 2. The van der Waals surface area contributed by atoms with E-state index in [1.54, 1.807) is 0 Å². The van der Waals surface area contributed by atoms with E-state index in [2.05, 4.69) is 34.3 Å². The van der Waals surface area contributed by atoms with Crippen molar-refractivity contribution in [3.63, 3.8) is 0 Å². The number of β-amino-alcohol motifs (C(OH)–C–C–N with tert-alkyl or cyclic N) is 2. The fraction of sp³-hybridized carbons (Fsp3) is 0.579. The van der Waals surface area contributed by atoms with Gasteiger partial charge >= 0.3 is 0 Å². The lowest BCUT2D eigenvalue weighted by molar-refractivity contribution is 0.0594. The summed E-state index contributed by atoms with van der Waals surface area (Å²) in [6.45, 7) is 10.1. The third-order valence-electron chi connectivity index (χ3n) is 5.35. The molecule has 0 amide bonds. The molecule has 0 spiro atoms. The number of aliphatic hydroxyl groups is 2. The van der Waals surface area contributed by atoms with Crippen LogP contribution < -0.4 is 0 Å². The average molecular weight is 366 g/mol. The van der Waals surface area contributed by atoms with Gasteiger partial charge in [0.05, 0.1) is 29.8 Å². The van der Waals surface area contributed by atoms with Crippen LogP contribution in [0.3, 0.4) is 0 Å². The number of para-hydroxylation sites is 1. The molecule has 0 radical (unpaired) electrons. The van der Waals surface area contributed by atoms with Gasteiger partial charge in [0.25, 0.3) is 0 Å². The highest BCUT2D eigenvalue weighted by atomic mass is 35.5. The van der Waals surface area contributed by atoms with Gasteiger partial charge in [-0.05, 0) is 25.5 Å². The largest absolute Gasteiger partial charge is 0.395 e. The summed E-state index contributed by atoms with van der Waals surface area (Å²) in [5.74, 6) is 0. The molecule has 1 atom stereocenters. The van der Waals surface area contributed by atoms with Crippen molar-refractivity contribution in [3.8, 4) is 0 Å². The van der Waals surface area contributed by atoms with Gasteiger partial charge in [-0.2, -0.15) is 0 Å². The van der Waals surface area contributed by atoms with Gasteiger partial charge in [-0.15, -0.1) is 0 Å². The van der Waals surface area contributed by atoms with Crippen molar-refractivity contribution in [2.75, 3.05) is 45.9 Å². The van der Waals surface area contributed by atoms with E-state index in [-0.39, 0.29) is 6.61 Å².